The summed E-state index contributed by atoms with van der Waals surface area (Å²) in [4.78, 5) is 0. The first kappa shape index (κ1) is 19.2. The maximum Gasteiger partial charge on any atom is 0.119 e. The van der Waals surface area contributed by atoms with E-state index < -0.39 is 0 Å². The quantitative estimate of drug-likeness (QED) is 0.171. The van der Waals surface area contributed by atoms with Crippen molar-refractivity contribution in [1.82, 2.24) is 0 Å². The molecule has 0 amide bonds. The van der Waals surface area contributed by atoms with E-state index in [-0.39, 0.29) is 0 Å². The van der Waals surface area contributed by atoms with Crippen molar-refractivity contribution in [2.75, 3.05) is 0 Å². The largest absolute Gasteiger partial charge is 0.489 e. The fourth-order valence-corrected chi connectivity index (χ4v) is 3.58. The minimum atomic E-state index is 0.517. The van der Waals surface area contributed by atoms with Crippen molar-refractivity contribution in [2.24, 2.45) is 0 Å². The van der Waals surface area contributed by atoms with E-state index in [0.29, 0.717) is 12.2 Å². The topological polar surface area (TPSA) is 33.0 Å². The Balaban J connectivity index is 1.49. The summed E-state index contributed by atoms with van der Waals surface area (Å²) in [5, 5.41) is 11.9. The van der Waals surface area contributed by atoms with E-state index in [0.717, 1.165) is 26.0 Å². The monoisotopic (exact) mass is 487 g/mol. The molecule has 140 valence electrons. The molecule has 4 aromatic rings. The molecule has 29 heavy (non-hydrogen) atoms. The van der Waals surface area contributed by atoms with Crippen molar-refractivity contribution in [3.63, 3.8) is 0 Å². The van der Waals surface area contributed by atoms with Gasteiger partial charge >= 0.3 is 0 Å². The highest BCUT2D eigenvalue weighted by Gasteiger charge is 2.03. The van der Waals surface area contributed by atoms with Crippen LogP contribution in [0.25, 0.3) is 22.4 Å². The van der Waals surface area contributed by atoms with Crippen molar-refractivity contribution in [1.29, 1.82) is 5.26 Å². The third-order valence-electron chi connectivity index (χ3n) is 4.74. The number of hydrogen-bond donors (Lipinski definition) is 0. The number of allylic oxidation sites excluding steroid dienone is 1. The molecular weight excluding hydrogens is 469 g/mol. The maximum atomic E-state index is 9.52. The normalized spacial score (nSPS) is 11.2. The van der Waals surface area contributed by atoms with E-state index in [2.05, 4.69) is 59.0 Å². The molecule has 3 heteroatoms. The lowest BCUT2D eigenvalue weighted by Crippen LogP contribution is -1.96. The number of ether oxygens (including phenoxy) is 1. The highest BCUT2D eigenvalue weighted by atomic mass is 127. The molecule has 0 aliphatic rings. The van der Waals surface area contributed by atoms with Crippen LogP contribution < -0.4 is 4.74 Å². The van der Waals surface area contributed by atoms with E-state index >= 15 is 0 Å². The summed E-state index contributed by atoms with van der Waals surface area (Å²) in [5.41, 5.74) is 3.70. The standard InChI is InChI=1S/C26H18INO/c27-24-12-10-20(11-13-24)23(17-28)16-19-8-14-25(15-9-19)29-18-22-6-3-5-21-4-1-2-7-26(21)22/h1-16H,18H2/b23-16-. The molecule has 0 saturated carbocycles. The van der Waals surface area contributed by atoms with E-state index in [9.17, 15) is 5.26 Å². The van der Waals surface area contributed by atoms with Gasteiger partial charge in [0, 0.05) is 3.57 Å². The Morgan fingerprint density at radius 1 is 0.862 bits per heavy atom. The molecule has 0 heterocycles. The maximum absolute atomic E-state index is 9.52. The summed E-state index contributed by atoms with van der Waals surface area (Å²) >= 11 is 2.26. The van der Waals surface area contributed by atoms with Crippen molar-refractivity contribution in [3.05, 3.63) is 111 Å². The molecule has 0 unspecified atom stereocenters. The van der Waals surface area contributed by atoms with Gasteiger partial charge in [-0.05, 0) is 80.4 Å². The summed E-state index contributed by atoms with van der Waals surface area (Å²) in [7, 11) is 0. The predicted octanol–water partition coefficient (Wildman–Crippen LogP) is 7.09. The first-order chi connectivity index (χ1) is 14.2. The molecule has 0 aromatic heterocycles. The van der Waals surface area contributed by atoms with Crippen LogP contribution in [0.3, 0.4) is 0 Å². The predicted molar refractivity (Wildman–Crippen MR) is 127 cm³/mol. The van der Waals surface area contributed by atoms with Crippen molar-refractivity contribution < 1.29 is 4.74 Å². The molecular formula is C26H18INO. The van der Waals surface area contributed by atoms with Crippen LogP contribution in [-0.4, -0.2) is 0 Å². The van der Waals surface area contributed by atoms with Gasteiger partial charge in [0.05, 0.1) is 11.6 Å². The average Bonchev–Trinajstić information content (AvgIpc) is 2.77. The van der Waals surface area contributed by atoms with Crippen LogP contribution in [0.4, 0.5) is 0 Å². The Hall–Kier alpha value is -3.10. The van der Waals surface area contributed by atoms with Crippen LogP contribution in [0.15, 0.2) is 91.0 Å². The van der Waals surface area contributed by atoms with Gasteiger partial charge in [0.1, 0.15) is 12.4 Å². The smallest absolute Gasteiger partial charge is 0.119 e. The number of hydrogen-bond acceptors (Lipinski definition) is 2. The third-order valence-corrected chi connectivity index (χ3v) is 5.46. The fraction of sp³-hybridized carbons (Fsp3) is 0.0385. The van der Waals surface area contributed by atoms with Gasteiger partial charge in [-0.15, -0.1) is 0 Å². The molecule has 0 radical (unpaired) electrons. The molecule has 0 N–H and O–H groups in total. The molecule has 0 bridgehead atoms. The Morgan fingerprint density at radius 2 is 1.59 bits per heavy atom. The van der Waals surface area contributed by atoms with Crippen LogP contribution >= 0.6 is 22.6 Å². The number of nitriles is 1. The van der Waals surface area contributed by atoms with E-state index in [1.165, 1.54) is 10.8 Å². The molecule has 0 fully saturated rings. The van der Waals surface area contributed by atoms with Crippen molar-refractivity contribution >= 4 is 45.0 Å². The van der Waals surface area contributed by atoms with Gasteiger partial charge in [-0.3, -0.25) is 0 Å². The van der Waals surface area contributed by atoms with Crippen molar-refractivity contribution in [3.8, 4) is 11.8 Å². The van der Waals surface area contributed by atoms with Crippen LogP contribution in [0, 0.1) is 14.9 Å². The van der Waals surface area contributed by atoms with Gasteiger partial charge < -0.3 is 4.74 Å². The SMILES string of the molecule is N#C/C(=C/c1ccc(OCc2cccc3ccccc23)cc1)c1ccc(I)cc1. The average molecular weight is 487 g/mol. The Morgan fingerprint density at radius 3 is 2.34 bits per heavy atom. The molecule has 0 atom stereocenters. The summed E-state index contributed by atoms with van der Waals surface area (Å²) in [6.45, 7) is 0.517. The van der Waals surface area contributed by atoms with E-state index in [1.807, 2.05) is 66.7 Å². The number of nitrogens with zero attached hydrogens (tertiary/aromatic N) is 1. The highest BCUT2D eigenvalue weighted by molar-refractivity contribution is 14.1. The zero-order valence-electron chi connectivity index (χ0n) is 15.7. The number of rotatable bonds is 5. The van der Waals surface area contributed by atoms with E-state index in [1.54, 1.807) is 0 Å². The second-order valence-electron chi connectivity index (χ2n) is 6.67. The second kappa shape index (κ2) is 8.93. The zero-order valence-corrected chi connectivity index (χ0v) is 17.8. The minimum Gasteiger partial charge on any atom is -0.489 e. The number of benzene rings is 4. The number of halogens is 1. The third kappa shape index (κ3) is 4.67. The van der Waals surface area contributed by atoms with Gasteiger partial charge in [0.15, 0.2) is 0 Å². The molecule has 2 nitrogen and oxygen atoms in total. The Bertz CT molecular complexity index is 1200. The van der Waals surface area contributed by atoms with Crippen LogP contribution in [0.2, 0.25) is 0 Å². The van der Waals surface area contributed by atoms with Gasteiger partial charge in [0.2, 0.25) is 0 Å². The zero-order chi connectivity index (χ0) is 20.1. The van der Waals surface area contributed by atoms with Crippen molar-refractivity contribution in [2.45, 2.75) is 6.61 Å². The Kier molecular flexibility index (Phi) is 5.92. The Labute approximate surface area is 184 Å². The lowest BCUT2D eigenvalue weighted by atomic mass is 10.0. The van der Waals surface area contributed by atoms with Gasteiger partial charge in [0.25, 0.3) is 0 Å². The van der Waals surface area contributed by atoms with Gasteiger partial charge in [-0.25, -0.2) is 0 Å². The molecule has 0 aliphatic carbocycles. The lowest BCUT2D eigenvalue weighted by molar-refractivity contribution is 0.307. The van der Waals surface area contributed by atoms with Crippen LogP contribution in [0.5, 0.6) is 5.75 Å². The summed E-state index contributed by atoms with van der Waals surface area (Å²) in [6, 6.07) is 32.7. The fourth-order valence-electron chi connectivity index (χ4n) is 3.22. The van der Waals surface area contributed by atoms with Crippen LogP contribution in [-0.2, 0) is 6.61 Å². The highest BCUT2D eigenvalue weighted by Crippen LogP contribution is 2.23. The second-order valence-corrected chi connectivity index (χ2v) is 7.92. The van der Waals surface area contributed by atoms with E-state index in [4.69, 9.17) is 4.74 Å². The summed E-state index contributed by atoms with van der Waals surface area (Å²) < 4.78 is 7.15. The number of fused-ring (bicyclic) bond motifs is 1. The summed E-state index contributed by atoms with van der Waals surface area (Å²) in [5.74, 6) is 0.808. The first-order valence-electron chi connectivity index (χ1n) is 9.30. The van der Waals surface area contributed by atoms with Gasteiger partial charge in [-0.1, -0.05) is 66.7 Å². The van der Waals surface area contributed by atoms with Crippen LogP contribution in [0.1, 0.15) is 16.7 Å². The minimum absolute atomic E-state index is 0.517. The molecule has 4 rings (SSSR count). The molecule has 0 saturated heterocycles. The molecule has 0 aliphatic heterocycles. The summed E-state index contributed by atoms with van der Waals surface area (Å²) in [6.07, 6.45) is 1.90. The lowest BCUT2D eigenvalue weighted by Gasteiger charge is -2.09. The molecule has 0 spiro atoms. The first-order valence-corrected chi connectivity index (χ1v) is 10.4. The molecule has 4 aromatic carbocycles. The van der Waals surface area contributed by atoms with Gasteiger partial charge in [-0.2, -0.15) is 5.26 Å².